The molecule has 0 unspecified atom stereocenters. The summed E-state index contributed by atoms with van der Waals surface area (Å²) in [5.41, 5.74) is -3.22. The summed E-state index contributed by atoms with van der Waals surface area (Å²) in [4.78, 5) is 16.0. The van der Waals surface area contributed by atoms with Gasteiger partial charge in [-0.3, -0.25) is 9.78 Å². The number of alkyl halides is 3. The van der Waals surface area contributed by atoms with Gasteiger partial charge in [0.05, 0.1) is 5.56 Å². The quantitative estimate of drug-likeness (QED) is 0.923. The van der Waals surface area contributed by atoms with Crippen molar-refractivity contribution in [1.82, 2.24) is 9.99 Å². The summed E-state index contributed by atoms with van der Waals surface area (Å²) in [5, 5.41) is 14.0. The second-order valence-electron chi connectivity index (χ2n) is 5.95. The van der Waals surface area contributed by atoms with Crippen molar-refractivity contribution in [3.63, 3.8) is 0 Å². The van der Waals surface area contributed by atoms with E-state index in [1.807, 2.05) is 13.8 Å². The second kappa shape index (κ2) is 6.27. The van der Waals surface area contributed by atoms with Crippen molar-refractivity contribution < 1.29 is 23.1 Å². The monoisotopic (exact) mass is 329 g/mol. The van der Waals surface area contributed by atoms with Crippen LogP contribution in [0.1, 0.15) is 43.5 Å². The molecule has 0 saturated heterocycles. The molecule has 0 aliphatic carbocycles. The normalized spacial score (nSPS) is 21.7. The minimum atomic E-state index is -5.01. The van der Waals surface area contributed by atoms with Gasteiger partial charge in [0.1, 0.15) is 0 Å². The number of carbonyl (C=O) groups is 1. The highest BCUT2D eigenvalue weighted by Gasteiger charge is 2.63. The van der Waals surface area contributed by atoms with Crippen molar-refractivity contribution in [3.8, 4) is 0 Å². The number of hydrazone groups is 1. The van der Waals surface area contributed by atoms with Crippen molar-refractivity contribution in [2.75, 3.05) is 0 Å². The topological polar surface area (TPSA) is 65.8 Å². The number of carbonyl (C=O) groups excluding carboxylic acids is 1. The number of rotatable bonds is 4. The van der Waals surface area contributed by atoms with E-state index in [-0.39, 0.29) is 22.2 Å². The molecule has 0 fully saturated rings. The second-order valence-corrected chi connectivity index (χ2v) is 5.95. The summed E-state index contributed by atoms with van der Waals surface area (Å²) in [5.74, 6) is -0.753. The molecule has 1 atom stereocenters. The molecule has 2 heterocycles. The van der Waals surface area contributed by atoms with E-state index in [1.54, 1.807) is 0 Å². The molecule has 2 rings (SSSR count). The van der Waals surface area contributed by atoms with Crippen molar-refractivity contribution in [2.24, 2.45) is 11.0 Å². The van der Waals surface area contributed by atoms with Gasteiger partial charge in [-0.25, -0.2) is 0 Å². The number of aliphatic hydroxyl groups is 1. The van der Waals surface area contributed by atoms with Crippen LogP contribution in [0.25, 0.3) is 0 Å². The van der Waals surface area contributed by atoms with Crippen LogP contribution in [0.3, 0.4) is 0 Å². The molecule has 1 aromatic heterocycles. The maximum absolute atomic E-state index is 13.3. The molecule has 0 aromatic carbocycles. The molecular weight excluding hydrogens is 311 g/mol. The fourth-order valence-electron chi connectivity index (χ4n) is 2.26. The largest absolute Gasteiger partial charge is 0.438 e. The molecule has 8 heteroatoms. The number of hydrogen-bond donors (Lipinski definition) is 1. The molecule has 0 saturated carbocycles. The lowest BCUT2D eigenvalue weighted by Gasteiger charge is -2.32. The van der Waals surface area contributed by atoms with E-state index in [2.05, 4.69) is 10.1 Å². The summed E-state index contributed by atoms with van der Waals surface area (Å²) >= 11 is 0. The van der Waals surface area contributed by atoms with Gasteiger partial charge in [0.2, 0.25) is 0 Å². The van der Waals surface area contributed by atoms with Crippen molar-refractivity contribution >= 4 is 11.6 Å². The van der Waals surface area contributed by atoms with E-state index < -0.39 is 24.2 Å². The average Bonchev–Trinajstić information content (AvgIpc) is 2.83. The first kappa shape index (κ1) is 17.4. The first-order chi connectivity index (χ1) is 10.6. The van der Waals surface area contributed by atoms with Crippen LogP contribution in [0.4, 0.5) is 13.2 Å². The molecular formula is C15H18F3N3O2. The number of halogens is 3. The van der Waals surface area contributed by atoms with E-state index in [0.717, 1.165) is 6.20 Å². The minimum Gasteiger partial charge on any atom is -0.362 e. The van der Waals surface area contributed by atoms with Crippen LogP contribution in [-0.4, -0.2) is 38.6 Å². The van der Waals surface area contributed by atoms with Gasteiger partial charge in [-0.05, 0) is 30.9 Å². The highest BCUT2D eigenvalue weighted by atomic mass is 19.4. The van der Waals surface area contributed by atoms with E-state index in [1.165, 1.54) is 18.3 Å². The zero-order valence-electron chi connectivity index (χ0n) is 12.8. The Morgan fingerprint density at radius 3 is 2.70 bits per heavy atom. The molecule has 1 aliphatic rings. The van der Waals surface area contributed by atoms with Gasteiger partial charge in [-0.1, -0.05) is 13.8 Å². The van der Waals surface area contributed by atoms with Gasteiger partial charge in [0.15, 0.2) is 0 Å². The number of pyridine rings is 1. The molecule has 23 heavy (non-hydrogen) atoms. The van der Waals surface area contributed by atoms with Gasteiger partial charge >= 0.3 is 6.18 Å². The van der Waals surface area contributed by atoms with Crippen molar-refractivity contribution in [2.45, 2.75) is 45.0 Å². The maximum Gasteiger partial charge on any atom is 0.438 e. The Morgan fingerprint density at radius 1 is 1.48 bits per heavy atom. The summed E-state index contributed by atoms with van der Waals surface area (Å²) in [6, 6.07) is 2.76. The third kappa shape index (κ3) is 3.52. The first-order valence-corrected chi connectivity index (χ1v) is 7.25. The fraction of sp³-hybridized carbons (Fsp3) is 0.533. The van der Waals surface area contributed by atoms with E-state index in [4.69, 9.17) is 0 Å². The predicted molar refractivity (Wildman–Crippen MR) is 77.5 cm³/mol. The molecule has 1 amide bonds. The van der Waals surface area contributed by atoms with Gasteiger partial charge < -0.3 is 5.11 Å². The number of nitrogens with zero attached hydrogens (tertiary/aromatic N) is 3. The average molecular weight is 329 g/mol. The Morgan fingerprint density at radius 2 is 2.17 bits per heavy atom. The Balaban J connectivity index is 2.32. The van der Waals surface area contributed by atoms with Crippen LogP contribution >= 0.6 is 0 Å². The van der Waals surface area contributed by atoms with E-state index >= 15 is 0 Å². The molecule has 0 radical (unpaired) electrons. The van der Waals surface area contributed by atoms with Crippen molar-refractivity contribution in [3.05, 3.63) is 30.1 Å². The molecule has 126 valence electrons. The van der Waals surface area contributed by atoms with Crippen LogP contribution in [0.5, 0.6) is 0 Å². The summed E-state index contributed by atoms with van der Waals surface area (Å²) in [7, 11) is 0. The summed E-state index contributed by atoms with van der Waals surface area (Å²) in [6.45, 7) is 3.87. The molecule has 0 spiro atoms. The standard InChI is InChI=1S/C15H18F3N3O2/c1-10(2)5-6-12-8-14(23,15(16,17)18)21(20-12)13(22)11-4-3-7-19-9-11/h3-4,7,9-10,23H,5-6,8H2,1-2H3/t14-/m0/s1. The molecule has 5 nitrogen and oxygen atoms in total. The number of hydrogen-bond acceptors (Lipinski definition) is 4. The summed E-state index contributed by atoms with van der Waals surface area (Å²) in [6.07, 6.45) is -2.27. The van der Waals surface area contributed by atoms with Gasteiger partial charge in [-0.15, -0.1) is 0 Å². The Hall–Kier alpha value is -1.96. The van der Waals surface area contributed by atoms with Gasteiger partial charge in [0, 0.05) is 24.5 Å². The molecule has 1 aliphatic heterocycles. The highest BCUT2D eigenvalue weighted by Crippen LogP contribution is 2.41. The summed E-state index contributed by atoms with van der Waals surface area (Å²) < 4.78 is 39.9. The van der Waals surface area contributed by atoms with E-state index in [9.17, 15) is 23.1 Å². The number of aromatic nitrogens is 1. The predicted octanol–water partition coefficient (Wildman–Crippen LogP) is 2.97. The Kier molecular flexibility index (Phi) is 4.74. The van der Waals surface area contributed by atoms with Crippen LogP contribution in [0.15, 0.2) is 29.6 Å². The molecule has 1 aromatic rings. The highest BCUT2D eigenvalue weighted by molar-refractivity contribution is 5.98. The third-order valence-electron chi connectivity index (χ3n) is 3.61. The van der Waals surface area contributed by atoms with Crippen LogP contribution < -0.4 is 0 Å². The van der Waals surface area contributed by atoms with Crippen LogP contribution in [0, 0.1) is 5.92 Å². The zero-order valence-corrected chi connectivity index (χ0v) is 12.8. The van der Waals surface area contributed by atoms with Gasteiger partial charge in [-0.2, -0.15) is 23.3 Å². The minimum absolute atomic E-state index is 0.0657. The fourth-order valence-corrected chi connectivity index (χ4v) is 2.26. The Labute approximate surface area is 131 Å². The lowest BCUT2D eigenvalue weighted by Crippen LogP contribution is -2.56. The Bertz CT molecular complexity index is 602. The lowest BCUT2D eigenvalue weighted by molar-refractivity contribution is -0.297. The lowest BCUT2D eigenvalue weighted by atomic mass is 9.99. The van der Waals surface area contributed by atoms with Gasteiger partial charge in [0.25, 0.3) is 11.6 Å². The third-order valence-corrected chi connectivity index (χ3v) is 3.61. The molecule has 1 N–H and O–H groups in total. The van der Waals surface area contributed by atoms with Crippen LogP contribution in [-0.2, 0) is 0 Å². The van der Waals surface area contributed by atoms with E-state index in [0.29, 0.717) is 12.8 Å². The maximum atomic E-state index is 13.3. The zero-order chi connectivity index (χ0) is 17.3. The van der Waals surface area contributed by atoms with Crippen molar-refractivity contribution in [1.29, 1.82) is 0 Å². The first-order valence-electron chi connectivity index (χ1n) is 7.25. The number of amides is 1. The van der Waals surface area contributed by atoms with Crippen LogP contribution in [0.2, 0.25) is 0 Å². The molecule has 0 bridgehead atoms. The SMILES string of the molecule is CC(C)CCC1=NN(C(=O)c2cccnc2)[C@@](O)(C(F)(F)F)C1. The smallest absolute Gasteiger partial charge is 0.362 e.